The molecule has 146 valence electrons. The van der Waals surface area contributed by atoms with Crippen LogP contribution in [0.5, 0.6) is 0 Å². The summed E-state index contributed by atoms with van der Waals surface area (Å²) in [5.41, 5.74) is 3.79. The van der Waals surface area contributed by atoms with Crippen LogP contribution in [0.4, 0.5) is 0 Å². The van der Waals surface area contributed by atoms with Crippen LogP contribution in [0.25, 0.3) is 10.2 Å². The first-order valence-electron chi connectivity index (χ1n) is 7.48. The highest BCUT2D eigenvalue weighted by Crippen LogP contribution is 2.20. The van der Waals surface area contributed by atoms with Gasteiger partial charge in [-0.05, 0) is 24.3 Å². The number of benzene rings is 2. The molecule has 0 saturated heterocycles. The van der Waals surface area contributed by atoms with Gasteiger partial charge in [-0.15, -0.1) is 11.3 Å². The number of para-hydroxylation sites is 1. The number of amides is 1. The molecular weight excluding hydrogens is 412 g/mol. The van der Waals surface area contributed by atoms with E-state index in [9.17, 15) is 13.2 Å². The van der Waals surface area contributed by atoms with Crippen LogP contribution in [0.1, 0.15) is 15.4 Å². The molecule has 0 bridgehead atoms. The molecular formula is C17H19ClN2O5S2. The van der Waals surface area contributed by atoms with Crippen molar-refractivity contribution < 1.29 is 23.2 Å². The molecule has 1 amide bonds. The first kappa shape index (κ1) is 23.0. The van der Waals surface area contributed by atoms with E-state index in [1.54, 1.807) is 24.3 Å². The molecule has 3 rings (SSSR count). The van der Waals surface area contributed by atoms with Gasteiger partial charge >= 0.3 is 0 Å². The fourth-order valence-electron chi connectivity index (χ4n) is 1.73. The Morgan fingerprint density at radius 2 is 1.74 bits per heavy atom. The van der Waals surface area contributed by atoms with E-state index in [1.165, 1.54) is 18.4 Å². The van der Waals surface area contributed by atoms with Crippen molar-refractivity contribution in [3.05, 3.63) is 65.2 Å². The van der Waals surface area contributed by atoms with Gasteiger partial charge in [0.05, 0.1) is 30.2 Å². The summed E-state index contributed by atoms with van der Waals surface area (Å²) in [6.07, 6.45) is 0.925. The Balaban J connectivity index is 0.000000219. The number of hydrogen-bond acceptors (Lipinski definition) is 7. The summed E-state index contributed by atoms with van der Waals surface area (Å²) in [5.74, 6) is -0.229. The Hall–Kier alpha value is -2.04. The molecule has 0 atom stereocenters. The monoisotopic (exact) mass is 430 g/mol. The van der Waals surface area contributed by atoms with E-state index in [0.29, 0.717) is 5.56 Å². The van der Waals surface area contributed by atoms with E-state index in [1.807, 2.05) is 30.3 Å². The summed E-state index contributed by atoms with van der Waals surface area (Å²) in [5, 5.41) is 9.57. The summed E-state index contributed by atoms with van der Waals surface area (Å²) in [7, 11) is 2.71. The number of nitrogens with one attached hydrogen (secondary N) is 1. The molecule has 2 aromatic carbocycles. The van der Waals surface area contributed by atoms with Gasteiger partial charge in [0.15, 0.2) is 0 Å². The second kappa shape index (κ2) is 11.6. The van der Waals surface area contributed by atoms with E-state index < -0.39 is 9.05 Å². The summed E-state index contributed by atoms with van der Waals surface area (Å²) in [4.78, 5) is 19.7. The van der Waals surface area contributed by atoms with Gasteiger partial charge in [0.1, 0.15) is 5.01 Å². The molecule has 0 spiro atoms. The van der Waals surface area contributed by atoms with Crippen molar-refractivity contribution in [2.75, 3.05) is 13.4 Å². The highest BCUT2D eigenvalue weighted by molar-refractivity contribution is 8.13. The van der Waals surface area contributed by atoms with Gasteiger partial charge in [0.25, 0.3) is 5.91 Å². The van der Waals surface area contributed by atoms with Crippen molar-refractivity contribution in [2.45, 2.75) is 6.61 Å². The number of hydroxylamine groups is 1. The standard InChI is InChI=1S/C8H9NO2.C8H7NOS.CH3ClO2S/c1-11-9-8(10)7-5-3-2-4-6-7;10-5-8-9-6-3-1-2-4-7(6)11-8;1-5(2,3)4/h2-6H,1H3,(H,9,10);1-4,10H,5H2;1H3. The molecule has 2 N–H and O–H groups in total. The van der Waals surface area contributed by atoms with Crippen LogP contribution >= 0.6 is 22.0 Å². The third kappa shape index (κ3) is 10.0. The van der Waals surface area contributed by atoms with Crippen molar-refractivity contribution in [1.82, 2.24) is 10.5 Å². The number of fused-ring (bicyclic) bond motifs is 1. The van der Waals surface area contributed by atoms with Crippen molar-refractivity contribution >= 4 is 47.2 Å². The molecule has 0 fully saturated rings. The number of rotatable bonds is 3. The molecule has 10 heteroatoms. The van der Waals surface area contributed by atoms with E-state index in [0.717, 1.165) is 21.5 Å². The zero-order valence-corrected chi connectivity index (χ0v) is 17.0. The largest absolute Gasteiger partial charge is 0.389 e. The average molecular weight is 431 g/mol. The number of aliphatic hydroxyl groups excluding tert-OH is 1. The number of carbonyl (C=O) groups is 1. The highest BCUT2D eigenvalue weighted by atomic mass is 35.7. The topological polar surface area (TPSA) is 106 Å². The van der Waals surface area contributed by atoms with Crippen molar-refractivity contribution in [3.63, 3.8) is 0 Å². The predicted octanol–water partition coefficient (Wildman–Crippen LogP) is 2.95. The highest BCUT2D eigenvalue weighted by Gasteiger charge is 2.01. The van der Waals surface area contributed by atoms with Crippen molar-refractivity contribution in [2.24, 2.45) is 0 Å². The van der Waals surface area contributed by atoms with Crippen LogP contribution in [0.2, 0.25) is 0 Å². The first-order valence-corrected chi connectivity index (χ1v) is 11.0. The van der Waals surface area contributed by atoms with Crippen LogP contribution in [0.15, 0.2) is 54.6 Å². The van der Waals surface area contributed by atoms with Crippen LogP contribution < -0.4 is 5.48 Å². The SMILES string of the molecule is CONC(=O)c1ccccc1.CS(=O)(=O)Cl.OCc1nc2ccccc2s1. The number of carbonyl (C=O) groups excluding carboxylic acids is 1. The zero-order chi connectivity index (χ0) is 20.3. The summed E-state index contributed by atoms with van der Waals surface area (Å²) in [6, 6.07) is 16.8. The van der Waals surface area contributed by atoms with Crippen molar-refractivity contribution in [1.29, 1.82) is 0 Å². The van der Waals surface area contributed by atoms with Gasteiger partial charge in [-0.1, -0.05) is 30.3 Å². The molecule has 7 nitrogen and oxygen atoms in total. The minimum absolute atomic E-state index is 0.0410. The second-order valence-corrected chi connectivity index (χ2v) is 9.08. The maximum atomic E-state index is 11.0. The lowest BCUT2D eigenvalue weighted by atomic mass is 10.2. The van der Waals surface area contributed by atoms with Gasteiger partial charge in [-0.2, -0.15) is 0 Å². The maximum absolute atomic E-state index is 11.0. The Morgan fingerprint density at radius 3 is 2.26 bits per heavy atom. The van der Waals surface area contributed by atoms with Gasteiger partial charge in [-0.25, -0.2) is 18.9 Å². The van der Waals surface area contributed by atoms with Crippen LogP contribution in [-0.4, -0.2) is 37.8 Å². The molecule has 0 radical (unpaired) electrons. The molecule has 0 saturated carbocycles. The lowest BCUT2D eigenvalue weighted by molar-refractivity contribution is 0.0537. The van der Waals surface area contributed by atoms with Gasteiger partial charge < -0.3 is 5.11 Å². The molecule has 3 aromatic rings. The maximum Gasteiger partial charge on any atom is 0.274 e. The average Bonchev–Trinajstić information content (AvgIpc) is 3.05. The minimum Gasteiger partial charge on any atom is -0.389 e. The number of aromatic nitrogens is 1. The molecule has 0 aliphatic rings. The number of nitrogens with zero attached hydrogens (tertiary/aromatic N) is 1. The van der Waals surface area contributed by atoms with Gasteiger partial charge in [0, 0.05) is 16.2 Å². The summed E-state index contributed by atoms with van der Waals surface area (Å²) < 4.78 is 19.9. The number of thiazole rings is 1. The van der Waals surface area contributed by atoms with E-state index in [4.69, 9.17) is 5.11 Å². The van der Waals surface area contributed by atoms with Crippen molar-refractivity contribution in [3.8, 4) is 0 Å². The molecule has 0 aliphatic carbocycles. The third-order valence-corrected chi connectivity index (χ3v) is 3.73. The van der Waals surface area contributed by atoms with Crippen LogP contribution in [0, 0.1) is 0 Å². The fraction of sp³-hybridized carbons (Fsp3) is 0.176. The number of aliphatic hydroxyl groups is 1. The number of hydrogen-bond donors (Lipinski definition) is 2. The third-order valence-electron chi connectivity index (χ3n) is 2.70. The summed E-state index contributed by atoms with van der Waals surface area (Å²) in [6.45, 7) is 0.0410. The molecule has 1 heterocycles. The van der Waals surface area contributed by atoms with Crippen LogP contribution in [-0.2, 0) is 20.5 Å². The summed E-state index contributed by atoms with van der Waals surface area (Å²) >= 11 is 1.54. The van der Waals surface area contributed by atoms with Crippen LogP contribution in [0.3, 0.4) is 0 Å². The second-order valence-electron chi connectivity index (χ2n) is 4.92. The zero-order valence-electron chi connectivity index (χ0n) is 14.6. The molecule has 27 heavy (non-hydrogen) atoms. The smallest absolute Gasteiger partial charge is 0.274 e. The first-order chi connectivity index (χ1) is 12.7. The Bertz CT molecular complexity index is 905. The van der Waals surface area contributed by atoms with Gasteiger partial charge in [0.2, 0.25) is 9.05 Å². The number of halogens is 1. The lowest BCUT2D eigenvalue weighted by Crippen LogP contribution is -2.21. The Kier molecular flexibility index (Phi) is 9.90. The van der Waals surface area contributed by atoms with E-state index >= 15 is 0 Å². The van der Waals surface area contributed by atoms with Gasteiger partial charge in [-0.3, -0.25) is 9.63 Å². The molecule has 1 aromatic heterocycles. The molecule has 0 unspecified atom stereocenters. The fourth-order valence-corrected chi connectivity index (χ4v) is 2.56. The predicted molar refractivity (Wildman–Crippen MR) is 107 cm³/mol. The quantitative estimate of drug-likeness (QED) is 0.488. The van der Waals surface area contributed by atoms with E-state index in [2.05, 4.69) is 26.0 Å². The normalized spacial score (nSPS) is 10.2. The lowest BCUT2D eigenvalue weighted by Gasteiger charge is -1.99. The van der Waals surface area contributed by atoms with E-state index in [-0.39, 0.29) is 12.5 Å². The minimum atomic E-state index is -3.19. The molecule has 0 aliphatic heterocycles. The Labute approximate surface area is 166 Å². The Morgan fingerprint density at radius 1 is 1.19 bits per heavy atom.